The summed E-state index contributed by atoms with van der Waals surface area (Å²) in [4.78, 5) is 19.8. The lowest BCUT2D eigenvalue weighted by Crippen LogP contribution is -2.56. The molecule has 0 aliphatic carbocycles. The summed E-state index contributed by atoms with van der Waals surface area (Å²) in [6, 6.07) is 6.10. The fraction of sp³-hybridized carbons (Fsp3) is 0.650. The highest BCUT2D eigenvalue weighted by Gasteiger charge is 2.40. The van der Waals surface area contributed by atoms with Gasteiger partial charge in [-0.05, 0) is 57.0 Å². The number of hydrogen-bond acceptors (Lipinski definition) is 4. The van der Waals surface area contributed by atoms with Gasteiger partial charge in [-0.25, -0.2) is 0 Å². The zero-order chi connectivity index (χ0) is 18.2. The SMILES string of the molecule is COc1ccc2c(c1)C(C)CC(C)(C)N2C(=O)CN1CCN(C)CC1.Cl. The Hall–Kier alpha value is -1.30. The second-order valence-corrected chi connectivity index (χ2v) is 8.15. The first-order valence-electron chi connectivity index (χ1n) is 9.24. The number of methoxy groups -OCH3 is 1. The van der Waals surface area contributed by atoms with Gasteiger partial charge in [0.25, 0.3) is 0 Å². The van der Waals surface area contributed by atoms with Crippen LogP contribution in [-0.2, 0) is 4.79 Å². The second kappa shape index (κ2) is 8.15. The van der Waals surface area contributed by atoms with E-state index >= 15 is 0 Å². The number of piperazine rings is 1. The number of hydrogen-bond donors (Lipinski definition) is 0. The largest absolute Gasteiger partial charge is 0.497 e. The number of halogens is 1. The molecule has 2 aliphatic rings. The minimum atomic E-state index is -0.176. The van der Waals surface area contributed by atoms with Crippen molar-refractivity contribution in [2.45, 2.75) is 38.6 Å². The van der Waals surface area contributed by atoms with E-state index in [9.17, 15) is 4.79 Å². The van der Waals surface area contributed by atoms with Crippen molar-refractivity contribution in [1.29, 1.82) is 0 Å². The van der Waals surface area contributed by atoms with E-state index in [2.05, 4.69) is 43.7 Å². The van der Waals surface area contributed by atoms with Crippen molar-refractivity contribution in [3.63, 3.8) is 0 Å². The molecule has 2 heterocycles. The summed E-state index contributed by atoms with van der Waals surface area (Å²) in [5.74, 6) is 1.47. The van der Waals surface area contributed by atoms with Crippen LogP contribution in [0.3, 0.4) is 0 Å². The van der Waals surface area contributed by atoms with E-state index in [-0.39, 0.29) is 23.9 Å². The van der Waals surface area contributed by atoms with Crippen LogP contribution in [0.4, 0.5) is 5.69 Å². The number of nitrogens with zero attached hydrogens (tertiary/aromatic N) is 3. The maximum atomic E-state index is 13.2. The molecule has 0 N–H and O–H groups in total. The van der Waals surface area contributed by atoms with Crippen LogP contribution in [0.2, 0.25) is 0 Å². The van der Waals surface area contributed by atoms with Crippen LogP contribution in [0.1, 0.15) is 38.7 Å². The van der Waals surface area contributed by atoms with Gasteiger partial charge in [0, 0.05) is 37.4 Å². The number of likely N-dealkylation sites (N-methyl/N-ethyl adjacent to an activating group) is 1. The average Bonchev–Trinajstić information content (AvgIpc) is 2.56. The van der Waals surface area contributed by atoms with Crippen LogP contribution in [0.15, 0.2) is 18.2 Å². The molecule has 0 spiro atoms. The van der Waals surface area contributed by atoms with Gasteiger partial charge in [0.15, 0.2) is 0 Å². The van der Waals surface area contributed by atoms with E-state index in [1.807, 2.05) is 17.0 Å². The van der Waals surface area contributed by atoms with Crippen LogP contribution < -0.4 is 9.64 Å². The molecule has 1 amide bonds. The van der Waals surface area contributed by atoms with Crippen molar-refractivity contribution in [2.24, 2.45) is 0 Å². The third-order valence-corrected chi connectivity index (χ3v) is 5.62. The van der Waals surface area contributed by atoms with Gasteiger partial charge in [-0.3, -0.25) is 9.69 Å². The third kappa shape index (κ3) is 4.16. The van der Waals surface area contributed by atoms with Crippen molar-refractivity contribution in [2.75, 3.05) is 51.8 Å². The molecule has 1 unspecified atom stereocenters. The summed E-state index contributed by atoms with van der Waals surface area (Å²) in [6.45, 7) is 11.1. The minimum absolute atomic E-state index is 0. The molecular formula is C20H32ClN3O2. The van der Waals surface area contributed by atoms with Crippen LogP contribution >= 0.6 is 12.4 Å². The fourth-order valence-corrected chi connectivity index (χ4v) is 4.27. The zero-order valence-electron chi connectivity index (χ0n) is 16.6. The van der Waals surface area contributed by atoms with Crippen molar-refractivity contribution in [3.8, 4) is 5.75 Å². The molecule has 26 heavy (non-hydrogen) atoms. The molecule has 6 heteroatoms. The normalized spacial score (nSPS) is 23.1. The number of anilines is 1. The monoisotopic (exact) mass is 381 g/mol. The molecule has 146 valence electrons. The zero-order valence-corrected chi connectivity index (χ0v) is 17.4. The van der Waals surface area contributed by atoms with E-state index in [0.717, 1.165) is 44.0 Å². The summed E-state index contributed by atoms with van der Waals surface area (Å²) < 4.78 is 5.39. The first-order valence-corrected chi connectivity index (χ1v) is 9.24. The summed E-state index contributed by atoms with van der Waals surface area (Å²) >= 11 is 0. The molecule has 1 atom stereocenters. The average molecular weight is 382 g/mol. The number of amides is 1. The molecule has 1 aromatic rings. The van der Waals surface area contributed by atoms with Gasteiger partial charge >= 0.3 is 0 Å². The van der Waals surface area contributed by atoms with Gasteiger partial charge in [-0.15, -0.1) is 12.4 Å². The summed E-state index contributed by atoms with van der Waals surface area (Å²) in [6.07, 6.45) is 0.960. The summed E-state index contributed by atoms with van der Waals surface area (Å²) in [5, 5.41) is 0. The highest BCUT2D eigenvalue weighted by atomic mass is 35.5. The maximum absolute atomic E-state index is 13.2. The van der Waals surface area contributed by atoms with Gasteiger partial charge < -0.3 is 14.5 Å². The summed E-state index contributed by atoms with van der Waals surface area (Å²) in [5.41, 5.74) is 2.08. The van der Waals surface area contributed by atoms with E-state index in [1.54, 1.807) is 7.11 Å². The minimum Gasteiger partial charge on any atom is -0.497 e. The van der Waals surface area contributed by atoms with E-state index < -0.39 is 0 Å². The molecule has 0 aromatic heterocycles. The van der Waals surface area contributed by atoms with Crippen LogP contribution in [0, 0.1) is 0 Å². The van der Waals surface area contributed by atoms with E-state index in [4.69, 9.17) is 4.74 Å². The van der Waals surface area contributed by atoms with Gasteiger partial charge in [-0.2, -0.15) is 0 Å². The van der Waals surface area contributed by atoms with Gasteiger partial charge in [0.1, 0.15) is 5.75 Å². The summed E-state index contributed by atoms with van der Waals surface area (Å²) in [7, 11) is 3.83. The fourth-order valence-electron chi connectivity index (χ4n) is 4.27. The van der Waals surface area contributed by atoms with Crippen molar-refractivity contribution >= 4 is 24.0 Å². The number of fused-ring (bicyclic) bond motifs is 1. The lowest BCUT2D eigenvalue weighted by atomic mass is 9.80. The van der Waals surface area contributed by atoms with Crippen molar-refractivity contribution < 1.29 is 9.53 Å². The Balaban J connectivity index is 0.00000243. The Kier molecular flexibility index (Phi) is 6.59. The molecule has 0 saturated carbocycles. The highest BCUT2D eigenvalue weighted by molar-refractivity contribution is 5.97. The van der Waals surface area contributed by atoms with Crippen LogP contribution in [0.25, 0.3) is 0 Å². The molecule has 1 aromatic carbocycles. The number of carbonyl (C=O) groups excluding carboxylic acids is 1. The molecule has 1 fully saturated rings. The van der Waals surface area contributed by atoms with Crippen LogP contribution in [0.5, 0.6) is 5.75 Å². The maximum Gasteiger partial charge on any atom is 0.241 e. The lowest BCUT2D eigenvalue weighted by Gasteiger charge is -2.47. The van der Waals surface area contributed by atoms with Gasteiger partial charge in [-0.1, -0.05) is 6.92 Å². The lowest BCUT2D eigenvalue weighted by molar-refractivity contribution is -0.121. The molecule has 1 saturated heterocycles. The Labute approximate surface area is 163 Å². The second-order valence-electron chi connectivity index (χ2n) is 8.15. The van der Waals surface area contributed by atoms with E-state index in [1.165, 1.54) is 5.56 Å². The number of rotatable bonds is 3. The number of carbonyl (C=O) groups is 1. The molecule has 0 bridgehead atoms. The highest BCUT2D eigenvalue weighted by Crippen LogP contribution is 2.44. The Bertz CT molecular complexity index is 642. The molecular weight excluding hydrogens is 350 g/mol. The van der Waals surface area contributed by atoms with Crippen molar-refractivity contribution in [3.05, 3.63) is 23.8 Å². The quantitative estimate of drug-likeness (QED) is 0.806. The molecule has 0 radical (unpaired) electrons. The first-order chi connectivity index (χ1) is 11.8. The predicted molar refractivity (Wildman–Crippen MR) is 109 cm³/mol. The van der Waals surface area contributed by atoms with Gasteiger partial charge in [0.2, 0.25) is 5.91 Å². The Morgan fingerprint density at radius 2 is 1.88 bits per heavy atom. The predicted octanol–water partition coefficient (Wildman–Crippen LogP) is 2.98. The van der Waals surface area contributed by atoms with E-state index in [0.29, 0.717) is 12.5 Å². The smallest absolute Gasteiger partial charge is 0.241 e. The third-order valence-electron chi connectivity index (χ3n) is 5.62. The van der Waals surface area contributed by atoms with Gasteiger partial charge in [0.05, 0.1) is 13.7 Å². The molecule has 2 aliphatic heterocycles. The number of ether oxygens (including phenoxy) is 1. The first kappa shape index (κ1) is 21.0. The van der Waals surface area contributed by atoms with Crippen LogP contribution in [-0.4, -0.2) is 68.1 Å². The number of benzene rings is 1. The Morgan fingerprint density at radius 3 is 2.50 bits per heavy atom. The van der Waals surface area contributed by atoms with Crippen molar-refractivity contribution in [1.82, 2.24) is 9.80 Å². The molecule has 3 rings (SSSR count). The topological polar surface area (TPSA) is 36.0 Å². The molecule has 5 nitrogen and oxygen atoms in total. The standard InChI is InChI=1S/C20H31N3O2.ClH/c1-15-13-20(2,3)23(18-7-6-16(25-5)12-17(15)18)19(24)14-22-10-8-21(4)9-11-22;/h6-7,12,15H,8-11,13-14H2,1-5H3;1H. The Morgan fingerprint density at radius 1 is 1.23 bits per heavy atom.